The fourth-order valence-corrected chi connectivity index (χ4v) is 12.5. The van der Waals surface area contributed by atoms with Crippen LogP contribution in [-0.4, -0.2) is 67.4 Å². The SMILES string of the molecule is C.CCCC1CCC(c2ccc(O)cc2)CC1.CCCC1CCC(c2ccc(OC3(C(F)(F)F)SCCCS3)cc2)CC1.FC(F)(F)C1=[S+]CCCS1.O=S(=O)([O-])C(F)(F)F.[H-].[Na+]. The fraction of sp³-hybridized carbons (Fsp3) is 0.690. The molecule has 6 rings (SSSR count). The standard InChI is InChI=1S/C20H27F3OS2.C15H22O.C5H6F3S2.CHF3O3S.CH4.Na.H/c1-2-4-15-5-7-16(8-6-15)17-9-11-18(12-10-17)24-20(19(21,22)23)25-13-3-14-26-20;1-2-3-12-4-6-13(7-5-12)14-8-10-15(16)11-9-14;6-5(7,8)4-9-2-1-3-10-4;2-1(3,4)8(5,6)7;;;/h9-12,15-16H,2-8,13-14H2,1H3;8-13,16H,2-7H2,1H3;1-3H2;(H,5,6,7);1H4;;/q;;+1;;;+1;-1/p-1. The average molecular weight is 999 g/mol. The second kappa shape index (κ2) is 27.9. The van der Waals surface area contributed by atoms with Gasteiger partial charge in [-0.25, -0.2) is 8.42 Å². The Balaban J connectivity index is 0.000000889. The van der Waals surface area contributed by atoms with E-state index in [-0.39, 0.29) is 42.6 Å². The van der Waals surface area contributed by atoms with Gasteiger partial charge in [0.05, 0.1) is 0 Å². The second-order valence-corrected chi connectivity index (χ2v) is 21.8. The molecule has 62 heavy (non-hydrogen) atoms. The predicted octanol–water partition coefficient (Wildman–Crippen LogP) is 11.4. The number of phenols is 1. The van der Waals surface area contributed by atoms with Crippen LogP contribution in [0.4, 0.5) is 39.5 Å². The van der Waals surface area contributed by atoms with Crippen molar-refractivity contribution in [3.8, 4) is 11.5 Å². The number of aromatic hydroxyl groups is 1. The van der Waals surface area contributed by atoms with Gasteiger partial charge in [-0.2, -0.15) is 39.5 Å². The Bertz CT molecular complexity index is 1680. The van der Waals surface area contributed by atoms with Crippen LogP contribution in [0.25, 0.3) is 0 Å². The molecule has 4 aliphatic rings. The Morgan fingerprint density at radius 1 is 0.742 bits per heavy atom. The molecule has 0 aromatic heterocycles. The van der Waals surface area contributed by atoms with E-state index in [2.05, 4.69) is 26.0 Å². The normalized spacial score (nSPS) is 22.8. The fourth-order valence-electron chi connectivity index (χ4n) is 7.48. The summed E-state index contributed by atoms with van der Waals surface area (Å²) in [5.41, 5.74) is -3.00. The van der Waals surface area contributed by atoms with E-state index in [9.17, 15) is 44.6 Å². The van der Waals surface area contributed by atoms with Crippen LogP contribution in [-0.2, 0) is 21.5 Å². The van der Waals surface area contributed by atoms with Gasteiger partial charge in [0.25, 0.3) is 4.27 Å². The third-order valence-electron chi connectivity index (χ3n) is 10.5. The van der Waals surface area contributed by atoms with Crippen LogP contribution < -0.4 is 34.3 Å². The molecular formula is C42H60F9NaO5S5. The first-order valence-corrected chi connectivity index (χ1v) is 25.6. The van der Waals surface area contributed by atoms with Gasteiger partial charge in [-0.1, -0.05) is 107 Å². The summed E-state index contributed by atoms with van der Waals surface area (Å²) in [7, 11) is -6.09. The van der Waals surface area contributed by atoms with Gasteiger partial charge in [-0.3, -0.25) is 0 Å². The van der Waals surface area contributed by atoms with E-state index in [1.165, 1.54) is 88.2 Å². The molecule has 0 atom stereocenters. The van der Waals surface area contributed by atoms with E-state index >= 15 is 0 Å². The van der Waals surface area contributed by atoms with Crippen LogP contribution in [0.1, 0.15) is 136 Å². The maximum absolute atomic E-state index is 13.6. The summed E-state index contributed by atoms with van der Waals surface area (Å²) in [6, 6.07) is 15.2. The average Bonchev–Trinajstić information content (AvgIpc) is 3.19. The number of hydrogen-bond donors (Lipinski definition) is 1. The van der Waals surface area contributed by atoms with Gasteiger partial charge in [0, 0.05) is 12.2 Å². The van der Waals surface area contributed by atoms with Crippen molar-refractivity contribution >= 4 is 61.0 Å². The molecule has 2 saturated carbocycles. The van der Waals surface area contributed by atoms with Crippen LogP contribution in [0.15, 0.2) is 48.5 Å². The molecule has 1 N–H and O–H groups in total. The molecule has 20 heteroatoms. The van der Waals surface area contributed by atoms with Crippen molar-refractivity contribution < 1.29 is 93.3 Å². The minimum atomic E-state index is -6.09. The molecule has 2 aliphatic carbocycles. The molecule has 1 saturated heterocycles. The zero-order valence-electron chi connectivity index (χ0n) is 35.7. The van der Waals surface area contributed by atoms with Crippen LogP contribution in [0.5, 0.6) is 11.5 Å². The molecule has 5 nitrogen and oxygen atoms in total. The summed E-state index contributed by atoms with van der Waals surface area (Å²) in [4.78, 5) is 0. The Morgan fingerprint density at radius 2 is 1.16 bits per heavy atom. The molecule has 0 amide bonds. The third-order valence-corrected chi connectivity index (χ3v) is 16.9. The number of halogens is 9. The number of alkyl halides is 9. The van der Waals surface area contributed by atoms with Crippen LogP contribution >= 0.6 is 35.3 Å². The zero-order valence-corrected chi connectivity index (χ0v) is 40.8. The van der Waals surface area contributed by atoms with Crippen molar-refractivity contribution in [3.63, 3.8) is 0 Å². The van der Waals surface area contributed by atoms with Gasteiger partial charge in [-0.05, 0) is 128 Å². The summed E-state index contributed by atoms with van der Waals surface area (Å²) in [5.74, 6) is 5.96. The smallest absolute Gasteiger partial charge is 1.00 e. The minimum Gasteiger partial charge on any atom is -1.00 e. The summed E-state index contributed by atoms with van der Waals surface area (Å²) in [6.45, 7) is 4.52. The van der Waals surface area contributed by atoms with Gasteiger partial charge in [0.1, 0.15) is 11.5 Å². The number of ether oxygens (including phenoxy) is 1. The maximum atomic E-state index is 13.6. The molecule has 2 aromatic rings. The summed E-state index contributed by atoms with van der Waals surface area (Å²) >= 11 is 3.58. The van der Waals surface area contributed by atoms with E-state index in [1.54, 1.807) is 12.1 Å². The van der Waals surface area contributed by atoms with Crippen molar-refractivity contribution in [1.82, 2.24) is 0 Å². The van der Waals surface area contributed by atoms with Crippen molar-refractivity contribution in [1.29, 1.82) is 0 Å². The minimum absolute atomic E-state index is 0. The summed E-state index contributed by atoms with van der Waals surface area (Å²) in [6.07, 6.45) is 8.82. The second-order valence-electron chi connectivity index (χ2n) is 15.1. The van der Waals surface area contributed by atoms with Crippen molar-refractivity contribution in [2.45, 2.75) is 145 Å². The van der Waals surface area contributed by atoms with E-state index in [4.69, 9.17) is 17.7 Å². The summed E-state index contributed by atoms with van der Waals surface area (Å²) in [5, 5.41) is 9.27. The molecular weight excluding hydrogens is 939 g/mol. The molecule has 3 fully saturated rings. The van der Waals surface area contributed by atoms with Gasteiger partial charge in [0.2, 0.25) is 0 Å². The number of hydrogen-bond acceptors (Lipinski definition) is 8. The Labute approximate surface area is 402 Å². The number of rotatable bonds is 8. The Hall–Kier alpha value is -0.540. The topological polar surface area (TPSA) is 86.7 Å². The first kappa shape index (κ1) is 59.5. The van der Waals surface area contributed by atoms with E-state index in [0.29, 0.717) is 40.4 Å². The first-order chi connectivity index (χ1) is 28.1. The number of phenolic OH excluding ortho intramolecular Hbond substituents is 1. The predicted molar refractivity (Wildman–Crippen MR) is 237 cm³/mol. The van der Waals surface area contributed by atoms with Gasteiger partial charge < -0.3 is 15.8 Å². The first-order valence-electron chi connectivity index (χ1n) is 20.2. The molecule has 0 spiro atoms. The molecule has 2 aliphatic heterocycles. The Kier molecular flexibility index (Phi) is 26.8. The van der Waals surface area contributed by atoms with Crippen LogP contribution in [0.2, 0.25) is 0 Å². The molecule has 0 unspecified atom stereocenters. The molecule has 2 aromatic carbocycles. The zero-order chi connectivity index (χ0) is 44.6. The van der Waals surface area contributed by atoms with Gasteiger partial charge in [0.15, 0.2) is 27.2 Å². The Morgan fingerprint density at radius 3 is 1.48 bits per heavy atom. The van der Waals surface area contributed by atoms with E-state index < -0.39 is 32.2 Å². The van der Waals surface area contributed by atoms with E-state index in [1.807, 2.05) is 24.3 Å². The molecule has 352 valence electrons. The van der Waals surface area contributed by atoms with Crippen LogP contribution in [0.3, 0.4) is 0 Å². The third kappa shape index (κ3) is 20.1. The largest absolute Gasteiger partial charge is 1.00 e. The summed E-state index contributed by atoms with van der Waals surface area (Å²) < 4.78 is 138. The van der Waals surface area contributed by atoms with Gasteiger partial charge >= 0.3 is 51.6 Å². The van der Waals surface area contributed by atoms with E-state index in [0.717, 1.165) is 77.2 Å². The number of benzene rings is 2. The molecule has 2 heterocycles. The van der Waals surface area contributed by atoms with Crippen molar-refractivity contribution in [2.24, 2.45) is 11.8 Å². The van der Waals surface area contributed by atoms with Crippen LogP contribution in [0, 0.1) is 11.8 Å². The molecule has 0 radical (unpaired) electrons. The van der Waals surface area contributed by atoms with Crippen molar-refractivity contribution in [3.05, 3.63) is 59.7 Å². The van der Waals surface area contributed by atoms with Gasteiger partial charge in [-0.15, -0.1) is 0 Å². The maximum Gasteiger partial charge on any atom is 1.00 e. The van der Waals surface area contributed by atoms with Crippen molar-refractivity contribution in [2.75, 3.05) is 23.0 Å². The monoisotopic (exact) mass is 998 g/mol. The molecule has 0 bridgehead atoms. The quantitative estimate of drug-likeness (QED) is 0.0699. The number of thioether (sulfide) groups is 3.